The highest BCUT2D eigenvalue weighted by molar-refractivity contribution is 7.45. The summed E-state index contributed by atoms with van der Waals surface area (Å²) in [4.78, 5) is 24.9. The number of likely N-dealkylation sites (N-methyl/N-ethyl adjacent to an activating group) is 1. The molecule has 238 valence electrons. The highest BCUT2D eigenvalue weighted by Gasteiger charge is 2.23. The number of hydrogen-bond donors (Lipinski definition) is 2. The number of rotatable bonds is 28. The van der Waals surface area contributed by atoms with Gasteiger partial charge in [0.2, 0.25) is 5.91 Å². The van der Waals surface area contributed by atoms with E-state index in [0.717, 1.165) is 38.5 Å². The van der Waals surface area contributed by atoms with Crippen LogP contribution in [0.4, 0.5) is 0 Å². The highest BCUT2D eigenvalue weighted by Crippen LogP contribution is 2.38. The van der Waals surface area contributed by atoms with E-state index in [2.05, 4.69) is 19.2 Å². The molecule has 0 spiro atoms. The van der Waals surface area contributed by atoms with Gasteiger partial charge < -0.3 is 28.8 Å². The van der Waals surface area contributed by atoms with Crippen molar-refractivity contribution in [1.82, 2.24) is 5.32 Å². The standard InChI is InChI=1S/C31H63N2O6P/c1-6-8-10-12-14-16-18-20-22-24-30(34)29(28-39-40(36,37)38-27-26-33(3,4)5)32-31(35)25-23-21-19-17-15-13-11-9-7-2/h22,24,29-30,34H,6-21,23,25-28H2,1-5H3,(H-,32,35,36,37)/b24-22+. The Labute approximate surface area is 246 Å². The van der Waals surface area contributed by atoms with Crippen LogP contribution in [0.3, 0.4) is 0 Å². The van der Waals surface area contributed by atoms with Gasteiger partial charge in [-0.2, -0.15) is 0 Å². The molecule has 0 saturated carbocycles. The van der Waals surface area contributed by atoms with E-state index in [1.165, 1.54) is 70.6 Å². The van der Waals surface area contributed by atoms with Crippen LogP contribution in [0.15, 0.2) is 12.2 Å². The predicted octanol–water partition coefficient (Wildman–Crippen LogP) is 6.66. The van der Waals surface area contributed by atoms with E-state index in [4.69, 9.17) is 9.05 Å². The quantitative estimate of drug-likeness (QED) is 0.0457. The molecule has 0 rings (SSSR count). The molecule has 3 unspecified atom stereocenters. The fraction of sp³-hybridized carbons (Fsp3) is 0.903. The number of unbranched alkanes of at least 4 members (excludes halogenated alkanes) is 15. The minimum absolute atomic E-state index is 0.000802. The molecule has 40 heavy (non-hydrogen) atoms. The molecular weight excluding hydrogens is 527 g/mol. The number of quaternary nitrogens is 1. The SMILES string of the molecule is CCCCCCCCC/C=C/C(O)C(COP(=O)([O-])OCC[N+](C)(C)C)NC(=O)CCCCCCCCCCC. The molecule has 0 saturated heterocycles. The number of aliphatic hydroxyl groups is 1. The van der Waals surface area contributed by atoms with Gasteiger partial charge in [0.05, 0.1) is 39.9 Å². The molecule has 3 atom stereocenters. The summed E-state index contributed by atoms with van der Waals surface area (Å²) in [5, 5.41) is 13.5. The molecule has 2 N–H and O–H groups in total. The molecular formula is C31H63N2O6P. The van der Waals surface area contributed by atoms with E-state index in [1.807, 2.05) is 27.2 Å². The van der Waals surface area contributed by atoms with Crippen molar-refractivity contribution in [3.63, 3.8) is 0 Å². The first-order chi connectivity index (χ1) is 19.0. The zero-order chi connectivity index (χ0) is 30.1. The van der Waals surface area contributed by atoms with E-state index in [-0.39, 0.29) is 19.1 Å². The maximum absolute atomic E-state index is 12.6. The van der Waals surface area contributed by atoms with Crippen molar-refractivity contribution in [3.05, 3.63) is 12.2 Å². The number of nitrogens with one attached hydrogen (secondary N) is 1. The Hall–Kier alpha value is -0.760. The van der Waals surface area contributed by atoms with E-state index in [9.17, 15) is 19.4 Å². The lowest BCUT2D eigenvalue weighted by molar-refractivity contribution is -0.870. The molecule has 8 nitrogen and oxygen atoms in total. The second-order valence-electron chi connectivity index (χ2n) is 12.2. The fourth-order valence-electron chi connectivity index (χ4n) is 4.33. The predicted molar refractivity (Wildman–Crippen MR) is 164 cm³/mol. The Kier molecular flexibility index (Phi) is 24.3. The van der Waals surface area contributed by atoms with Crippen molar-refractivity contribution in [2.45, 2.75) is 142 Å². The van der Waals surface area contributed by atoms with Crippen molar-refractivity contribution in [2.24, 2.45) is 0 Å². The van der Waals surface area contributed by atoms with Gasteiger partial charge in [-0.15, -0.1) is 0 Å². The van der Waals surface area contributed by atoms with Crippen molar-refractivity contribution in [1.29, 1.82) is 0 Å². The number of phosphoric acid groups is 1. The number of aliphatic hydroxyl groups excluding tert-OH is 1. The summed E-state index contributed by atoms with van der Waals surface area (Å²) in [6.45, 7) is 4.55. The normalized spacial score (nSPS) is 15.3. The van der Waals surface area contributed by atoms with Gasteiger partial charge in [0.15, 0.2) is 0 Å². The Morgan fingerprint density at radius 1 is 0.850 bits per heavy atom. The summed E-state index contributed by atoms with van der Waals surface area (Å²) in [5.74, 6) is -0.206. The number of hydrogen-bond acceptors (Lipinski definition) is 6. The van der Waals surface area contributed by atoms with E-state index in [1.54, 1.807) is 6.08 Å². The van der Waals surface area contributed by atoms with Gasteiger partial charge in [0.1, 0.15) is 13.2 Å². The molecule has 0 aromatic heterocycles. The number of phosphoric ester groups is 1. The summed E-state index contributed by atoms with van der Waals surface area (Å²) in [6, 6.07) is -0.874. The average Bonchev–Trinajstić information content (AvgIpc) is 2.88. The van der Waals surface area contributed by atoms with Crippen molar-refractivity contribution < 1.29 is 32.9 Å². The minimum atomic E-state index is -4.56. The summed E-state index contributed by atoms with van der Waals surface area (Å²) in [5.41, 5.74) is 0. The van der Waals surface area contributed by atoms with Crippen LogP contribution in [0.25, 0.3) is 0 Å². The molecule has 0 aliphatic carbocycles. The van der Waals surface area contributed by atoms with Crippen LogP contribution < -0.4 is 10.2 Å². The van der Waals surface area contributed by atoms with Crippen LogP contribution in [0.1, 0.15) is 129 Å². The van der Waals surface area contributed by atoms with Gasteiger partial charge in [-0.05, 0) is 19.3 Å². The lowest BCUT2D eigenvalue weighted by Crippen LogP contribution is -2.45. The zero-order valence-electron chi connectivity index (χ0n) is 26.5. The van der Waals surface area contributed by atoms with Crippen LogP contribution >= 0.6 is 7.82 Å². The molecule has 1 amide bonds. The summed E-state index contributed by atoms with van der Waals surface area (Å²) in [6.07, 6.45) is 22.6. The monoisotopic (exact) mass is 590 g/mol. The third-order valence-corrected chi connectivity index (χ3v) is 7.96. The third-order valence-electron chi connectivity index (χ3n) is 7.00. The van der Waals surface area contributed by atoms with Crippen LogP contribution in [0.5, 0.6) is 0 Å². The average molecular weight is 591 g/mol. The van der Waals surface area contributed by atoms with Gasteiger partial charge >= 0.3 is 0 Å². The Morgan fingerprint density at radius 2 is 1.35 bits per heavy atom. The smallest absolute Gasteiger partial charge is 0.268 e. The number of carbonyl (C=O) groups is 1. The van der Waals surface area contributed by atoms with Crippen molar-refractivity contribution >= 4 is 13.7 Å². The summed E-state index contributed by atoms with van der Waals surface area (Å²) in [7, 11) is 1.26. The summed E-state index contributed by atoms with van der Waals surface area (Å²) < 4.78 is 22.9. The molecule has 9 heteroatoms. The van der Waals surface area contributed by atoms with Crippen molar-refractivity contribution in [2.75, 3.05) is 40.9 Å². The molecule has 0 aliphatic rings. The molecule has 0 radical (unpaired) electrons. The Balaban J connectivity index is 4.67. The van der Waals surface area contributed by atoms with Gasteiger partial charge in [-0.25, -0.2) is 0 Å². The topological polar surface area (TPSA) is 108 Å². The lowest BCUT2D eigenvalue weighted by atomic mass is 10.1. The van der Waals surface area contributed by atoms with E-state index < -0.39 is 20.0 Å². The number of allylic oxidation sites excluding steroid dienone is 1. The Bertz CT molecular complexity index is 683. The van der Waals surface area contributed by atoms with E-state index in [0.29, 0.717) is 17.4 Å². The second-order valence-corrected chi connectivity index (χ2v) is 13.6. The molecule has 0 aromatic rings. The zero-order valence-corrected chi connectivity index (χ0v) is 27.4. The van der Waals surface area contributed by atoms with Crippen LogP contribution in [-0.2, 0) is 18.4 Å². The Morgan fingerprint density at radius 3 is 1.88 bits per heavy atom. The van der Waals surface area contributed by atoms with Crippen LogP contribution in [0.2, 0.25) is 0 Å². The molecule has 0 aliphatic heterocycles. The minimum Gasteiger partial charge on any atom is -0.756 e. The lowest BCUT2D eigenvalue weighted by Gasteiger charge is -2.29. The highest BCUT2D eigenvalue weighted by atomic mass is 31.2. The largest absolute Gasteiger partial charge is 0.756 e. The first-order valence-electron chi connectivity index (χ1n) is 16.1. The van der Waals surface area contributed by atoms with Crippen LogP contribution in [-0.4, -0.2) is 68.5 Å². The third kappa shape index (κ3) is 26.2. The number of amides is 1. The maximum Gasteiger partial charge on any atom is 0.268 e. The fourth-order valence-corrected chi connectivity index (χ4v) is 5.05. The molecule has 0 bridgehead atoms. The molecule has 0 aromatic carbocycles. The van der Waals surface area contributed by atoms with Gasteiger partial charge in [-0.3, -0.25) is 9.36 Å². The summed E-state index contributed by atoms with van der Waals surface area (Å²) >= 11 is 0. The van der Waals surface area contributed by atoms with Gasteiger partial charge in [0.25, 0.3) is 7.82 Å². The van der Waals surface area contributed by atoms with E-state index >= 15 is 0 Å². The molecule has 0 fully saturated rings. The first-order valence-corrected chi connectivity index (χ1v) is 17.5. The van der Waals surface area contributed by atoms with Crippen LogP contribution in [0, 0.1) is 0 Å². The maximum atomic E-state index is 12.6. The first kappa shape index (κ1) is 39.2. The number of nitrogens with zero attached hydrogens (tertiary/aromatic N) is 1. The number of carbonyl (C=O) groups excluding carboxylic acids is 1. The van der Waals surface area contributed by atoms with Gasteiger partial charge in [-0.1, -0.05) is 116 Å². The molecule has 0 heterocycles. The van der Waals surface area contributed by atoms with Crippen molar-refractivity contribution in [3.8, 4) is 0 Å². The van der Waals surface area contributed by atoms with Gasteiger partial charge in [0, 0.05) is 6.42 Å². The second kappa shape index (κ2) is 24.8.